The van der Waals surface area contributed by atoms with E-state index in [2.05, 4.69) is 16.7 Å². The zero-order chi connectivity index (χ0) is 14.8. The molecular formula is C16H14N4O. The van der Waals surface area contributed by atoms with E-state index in [4.69, 9.17) is 11.0 Å². The van der Waals surface area contributed by atoms with Crippen LogP contribution in [0.15, 0.2) is 36.4 Å². The zero-order valence-electron chi connectivity index (χ0n) is 11.3. The quantitative estimate of drug-likeness (QED) is 0.752. The number of carbonyl (C=O) groups is 1. The van der Waals surface area contributed by atoms with Gasteiger partial charge in [-0.15, -0.1) is 0 Å². The van der Waals surface area contributed by atoms with Gasteiger partial charge in [-0.05, 0) is 35.4 Å². The molecule has 0 bridgehead atoms. The minimum absolute atomic E-state index is 0.0117. The first-order valence-electron chi connectivity index (χ1n) is 6.61. The van der Waals surface area contributed by atoms with Crippen LogP contribution in [0, 0.1) is 11.3 Å². The van der Waals surface area contributed by atoms with Crippen molar-refractivity contribution in [3.63, 3.8) is 0 Å². The highest BCUT2D eigenvalue weighted by Gasteiger charge is 2.19. The molecule has 0 spiro atoms. The van der Waals surface area contributed by atoms with E-state index >= 15 is 0 Å². The van der Waals surface area contributed by atoms with Gasteiger partial charge in [0.25, 0.3) is 0 Å². The average Bonchev–Trinajstić information content (AvgIpc) is 2.81. The largest absolute Gasteiger partial charge is 0.397 e. The Balaban J connectivity index is 1.84. The van der Waals surface area contributed by atoms with Crippen LogP contribution in [0.5, 0.6) is 0 Å². The van der Waals surface area contributed by atoms with Crippen LogP contribution in [0.3, 0.4) is 0 Å². The molecule has 0 saturated carbocycles. The maximum atomic E-state index is 11.4. The summed E-state index contributed by atoms with van der Waals surface area (Å²) < 4.78 is 0. The van der Waals surface area contributed by atoms with Crippen molar-refractivity contribution >= 4 is 28.7 Å². The normalized spacial score (nSPS) is 12.4. The van der Waals surface area contributed by atoms with Gasteiger partial charge in [-0.25, -0.2) is 0 Å². The molecule has 1 heterocycles. The molecule has 5 heteroatoms. The van der Waals surface area contributed by atoms with Crippen LogP contribution < -0.4 is 16.4 Å². The van der Waals surface area contributed by atoms with Crippen molar-refractivity contribution in [2.24, 2.45) is 0 Å². The summed E-state index contributed by atoms with van der Waals surface area (Å²) in [5.41, 5.74) is 11.0. The van der Waals surface area contributed by atoms with Crippen molar-refractivity contribution < 1.29 is 4.79 Å². The maximum absolute atomic E-state index is 11.4. The molecule has 2 aromatic carbocycles. The van der Waals surface area contributed by atoms with E-state index in [0.717, 1.165) is 28.2 Å². The highest BCUT2D eigenvalue weighted by atomic mass is 16.1. The zero-order valence-corrected chi connectivity index (χ0v) is 11.3. The standard InChI is InChI=1S/C16H14N4O/c17-6-5-10-1-3-12(4-2-10)19-15-9-14-11(7-13(15)18)8-16(21)20-14/h1-4,7,9,19H,5,8,18H2,(H,20,21). The molecule has 1 aliphatic heterocycles. The second-order valence-electron chi connectivity index (χ2n) is 4.98. The number of anilines is 4. The Morgan fingerprint density at radius 2 is 2.05 bits per heavy atom. The van der Waals surface area contributed by atoms with Crippen LogP contribution >= 0.6 is 0 Å². The lowest BCUT2D eigenvalue weighted by molar-refractivity contribution is -0.115. The lowest BCUT2D eigenvalue weighted by atomic mass is 10.1. The number of nitriles is 1. The van der Waals surface area contributed by atoms with E-state index < -0.39 is 0 Å². The fourth-order valence-electron chi connectivity index (χ4n) is 2.35. The van der Waals surface area contributed by atoms with E-state index in [0.29, 0.717) is 18.5 Å². The number of rotatable bonds is 3. The van der Waals surface area contributed by atoms with E-state index in [1.54, 1.807) is 0 Å². The first-order valence-corrected chi connectivity index (χ1v) is 6.61. The summed E-state index contributed by atoms with van der Waals surface area (Å²) in [4.78, 5) is 11.4. The fraction of sp³-hybridized carbons (Fsp3) is 0.125. The Bertz CT molecular complexity index is 744. The van der Waals surface area contributed by atoms with E-state index in [1.807, 2.05) is 36.4 Å². The molecule has 0 atom stereocenters. The lowest BCUT2D eigenvalue weighted by Gasteiger charge is -2.12. The summed E-state index contributed by atoms with van der Waals surface area (Å²) in [5.74, 6) is -0.0117. The molecule has 0 fully saturated rings. The molecule has 1 aliphatic rings. The van der Waals surface area contributed by atoms with Crippen LogP contribution in [0.25, 0.3) is 0 Å². The summed E-state index contributed by atoms with van der Waals surface area (Å²) in [6.07, 6.45) is 0.774. The van der Waals surface area contributed by atoms with E-state index in [1.165, 1.54) is 0 Å². The van der Waals surface area contributed by atoms with Gasteiger partial charge >= 0.3 is 0 Å². The summed E-state index contributed by atoms with van der Waals surface area (Å²) in [6, 6.07) is 13.4. The van der Waals surface area contributed by atoms with Gasteiger partial charge in [0, 0.05) is 11.4 Å². The highest BCUT2D eigenvalue weighted by Crippen LogP contribution is 2.33. The number of nitrogen functional groups attached to an aromatic ring is 1. The Labute approximate surface area is 122 Å². The molecule has 0 saturated heterocycles. The summed E-state index contributed by atoms with van der Waals surface area (Å²) in [5, 5.41) is 14.7. The Morgan fingerprint density at radius 3 is 2.76 bits per heavy atom. The number of benzene rings is 2. The van der Waals surface area contributed by atoms with E-state index in [9.17, 15) is 4.79 Å². The molecule has 104 valence electrons. The number of carbonyl (C=O) groups excluding carboxylic acids is 1. The molecule has 2 aromatic rings. The number of hydrogen-bond donors (Lipinski definition) is 3. The number of nitrogens with zero attached hydrogens (tertiary/aromatic N) is 1. The van der Waals surface area contributed by atoms with Gasteiger partial charge in [0.05, 0.1) is 30.3 Å². The van der Waals surface area contributed by atoms with Crippen LogP contribution in [-0.4, -0.2) is 5.91 Å². The second-order valence-corrected chi connectivity index (χ2v) is 4.98. The van der Waals surface area contributed by atoms with E-state index in [-0.39, 0.29) is 5.91 Å². The first kappa shape index (κ1) is 13.0. The predicted molar refractivity (Wildman–Crippen MR) is 82.2 cm³/mol. The third-order valence-corrected chi connectivity index (χ3v) is 3.42. The summed E-state index contributed by atoms with van der Waals surface area (Å²) >= 11 is 0. The molecule has 0 aromatic heterocycles. The fourth-order valence-corrected chi connectivity index (χ4v) is 2.35. The molecule has 0 radical (unpaired) electrons. The lowest BCUT2D eigenvalue weighted by Crippen LogP contribution is -2.03. The van der Waals surface area contributed by atoms with Gasteiger partial charge in [-0.1, -0.05) is 12.1 Å². The molecule has 1 amide bonds. The highest BCUT2D eigenvalue weighted by molar-refractivity contribution is 6.01. The molecule has 0 aliphatic carbocycles. The molecule has 3 rings (SSSR count). The van der Waals surface area contributed by atoms with Gasteiger partial charge in [0.15, 0.2) is 0 Å². The van der Waals surface area contributed by atoms with Crippen molar-refractivity contribution in [2.75, 3.05) is 16.4 Å². The molecule has 21 heavy (non-hydrogen) atoms. The predicted octanol–water partition coefficient (Wildman–Crippen LogP) is 2.57. The number of fused-ring (bicyclic) bond motifs is 1. The van der Waals surface area contributed by atoms with Crippen LogP contribution in [-0.2, 0) is 17.6 Å². The van der Waals surface area contributed by atoms with Crippen molar-refractivity contribution in [1.29, 1.82) is 5.26 Å². The summed E-state index contributed by atoms with van der Waals surface area (Å²) in [7, 11) is 0. The number of nitrogens with two attached hydrogens (primary N) is 1. The minimum Gasteiger partial charge on any atom is -0.397 e. The average molecular weight is 278 g/mol. The maximum Gasteiger partial charge on any atom is 0.228 e. The molecular weight excluding hydrogens is 264 g/mol. The number of hydrogen-bond acceptors (Lipinski definition) is 4. The SMILES string of the molecule is N#CCc1ccc(Nc2cc3c(cc2N)CC(=O)N3)cc1. The van der Waals surface area contributed by atoms with Gasteiger partial charge in [-0.3, -0.25) is 4.79 Å². The smallest absolute Gasteiger partial charge is 0.228 e. The topological polar surface area (TPSA) is 90.9 Å². The first-order chi connectivity index (χ1) is 10.2. The van der Waals surface area contributed by atoms with Crippen molar-refractivity contribution in [3.05, 3.63) is 47.5 Å². The van der Waals surface area contributed by atoms with Crippen LogP contribution in [0.4, 0.5) is 22.7 Å². The minimum atomic E-state index is -0.0117. The summed E-state index contributed by atoms with van der Waals surface area (Å²) in [6.45, 7) is 0. The van der Waals surface area contributed by atoms with Crippen molar-refractivity contribution in [2.45, 2.75) is 12.8 Å². The van der Waals surface area contributed by atoms with Gasteiger partial charge in [0.2, 0.25) is 5.91 Å². The van der Waals surface area contributed by atoms with Crippen LogP contribution in [0.2, 0.25) is 0 Å². The van der Waals surface area contributed by atoms with Crippen molar-refractivity contribution in [1.82, 2.24) is 0 Å². The molecule has 4 N–H and O–H groups in total. The monoisotopic (exact) mass is 278 g/mol. The third kappa shape index (κ3) is 2.65. The Hall–Kier alpha value is -3.00. The number of amides is 1. The Morgan fingerprint density at radius 1 is 1.29 bits per heavy atom. The van der Waals surface area contributed by atoms with Gasteiger partial charge in [0.1, 0.15) is 0 Å². The third-order valence-electron chi connectivity index (χ3n) is 3.42. The number of nitrogens with one attached hydrogen (secondary N) is 2. The molecule has 5 nitrogen and oxygen atoms in total. The van der Waals surface area contributed by atoms with Gasteiger partial charge in [-0.2, -0.15) is 5.26 Å². The Kier molecular flexibility index (Phi) is 3.20. The van der Waals surface area contributed by atoms with Crippen molar-refractivity contribution in [3.8, 4) is 6.07 Å². The molecule has 0 unspecified atom stereocenters. The van der Waals surface area contributed by atoms with Crippen LogP contribution in [0.1, 0.15) is 11.1 Å². The second kappa shape index (κ2) is 5.17. The van der Waals surface area contributed by atoms with Gasteiger partial charge < -0.3 is 16.4 Å².